The molecule has 0 bridgehead atoms. The summed E-state index contributed by atoms with van der Waals surface area (Å²) in [6.07, 6.45) is 6.79. The number of amides is 1. The minimum atomic E-state index is 0.0767. The topological polar surface area (TPSA) is 33.2 Å². The minimum absolute atomic E-state index is 0.0767. The number of para-hydroxylation sites is 1. The van der Waals surface area contributed by atoms with E-state index < -0.39 is 0 Å². The van der Waals surface area contributed by atoms with Crippen molar-refractivity contribution in [1.29, 1.82) is 0 Å². The summed E-state index contributed by atoms with van der Waals surface area (Å²) in [5, 5.41) is 1.06. The first-order chi connectivity index (χ1) is 12.3. The average Bonchev–Trinajstić information content (AvgIpc) is 3.11. The summed E-state index contributed by atoms with van der Waals surface area (Å²) in [5.74, 6) is 0.0767. The maximum Gasteiger partial charge on any atom is 0.247 e. The van der Waals surface area contributed by atoms with Crippen molar-refractivity contribution >= 4 is 33.5 Å². The Bertz CT molecular complexity index is 867. The number of likely N-dealkylation sites (tertiary alicyclic amines) is 1. The van der Waals surface area contributed by atoms with E-state index in [4.69, 9.17) is 4.98 Å². The molecule has 4 heteroatoms. The van der Waals surface area contributed by atoms with Crippen molar-refractivity contribution in [1.82, 2.24) is 9.88 Å². The lowest BCUT2D eigenvalue weighted by atomic mass is 10.0. The molecule has 1 unspecified atom stereocenters. The van der Waals surface area contributed by atoms with E-state index in [-0.39, 0.29) is 11.9 Å². The lowest BCUT2D eigenvalue weighted by Gasteiger charge is -2.33. The number of aromatic nitrogens is 1. The van der Waals surface area contributed by atoms with E-state index in [1.807, 2.05) is 59.5 Å². The molecule has 0 saturated carbocycles. The Balaban J connectivity index is 1.58. The number of carbonyl (C=O) groups excluding carboxylic acids is 1. The van der Waals surface area contributed by atoms with Gasteiger partial charge < -0.3 is 4.90 Å². The summed E-state index contributed by atoms with van der Waals surface area (Å²) in [4.78, 5) is 19.6. The molecule has 3 aromatic rings. The van der Waals surface area contributed by atoms with Crippen LogP contribution in [0, 0.1) is 0 Å². The molecule has 0 radical (unpaired) electrons. The van der Waals surface area contributed by atoms with E-state index in [0.29, 0.717) is 0 Å². The second-order valence-electron chi connectivity index (χ2n) is 6.31. The lowest BCUT2D eigenvalue weighted by molar-refractivity contribution is -0.129. The molecular weight excluding hydrogens is 328 g/mol. The fourth-order valence-corrected chi connectivity index (χ4v) is 4.43. The Labute approximate surface area is 151 Å². The number of fused-ring (bicyclic) bond motifs is 1. The fourth-order valence-electron chi connectivity index (χ4n) is 3.31. The van der Waals surface area contributed by atoms with E-state index in [2.05, 4.69) is 6.07 Å². The summed E-state index contributed by atoms with van der Waals surface area (Å²) in [6, 6.07) is 18.2. The highest BCUT2D eigenvalue weighted by Crippen LogP contribution is 2.35. The molecule has 2 aromatic carbocycles. The number of piperidine rings is 1. The van der Waals surface area contributed by atoms with Gasteiger partial charge in [0.05, 0.1) is 16.3 Å². The summed E-state index contributed by atoms with van der Waals surface area (Å²) >= 11 is 1.71. The van der Waals surface area contributed by atoms with Crippen molar-refractivity contribution in [3.8, 4) is 0 Å². The summed E-state index contributed by atoms with van der Waals surface area (Å²) in [6.45, 7) is 0.804. The lowest BCUT2D eigenvalue weighted by Crippen LogP contribution is -2.37. The van der Waals surface area contributed by atoms with Crippen molar-refractivity contribution in [2.75, 3.05) is 6.54 Å². The average molecular weight is 348 g/mol. The largest absolute Gasteiger partial charge is 0.330 e. The molecule has 1 saturated heterocycles. The van der Waals surface area contributed by atoms with E-state index >= 15 is 0 Å². The maximum atomic E-state index is 12.8. The van der Waals surface area contributed by atoms with Gasteiger partial charge in [-0.25, -0.2) is 4.98 Å². The van der Waals surface area contributed by atoms with E-state index in [1.54, 1.807) is 17.4 Å². The molecule has 0 N–H and O–H groups in total. The fraction of sp³-hybridized carbons (Fsp3) is 0.238. The smallest absolute Gasteiger partial charge is 0.247 e. The van der Waals surface area contributed by atoms with Gasteiger partial charge in [0.25, 0.3) is 0 Å². The van der Waals surface area contributed by atoms with Crippen LogP contribution in [0.15, 0.2) is 60.7 Å². The zero-order chi connectivity index (χ0) is 17.1. The van der Waals surface area contributed by atoms with Gasteiger partial charge in [0.2, 0.25) is 5.91 Å². The standard InChI is InChI=1S/C21H20N2OS/c24-20(14-13-16-8-2-1-3-9-16)23-15-7-6-11-18(23)21-22-17-10-4-5-12-19(17)25-21/h1-5,8-10,12-14,18H,6-7,11,15H2/b14-13+. The third kappa shape index (κ3) is 3.49. The quantitative estimate of drug-likeness (QED) is 0.620. The first-order valence-corrected chi connectivity index (χ1v) is 9.52. The number of carbonyl (C=O) groups is 1. The number of thiazole rings is 1. The summed E-state index contributed by atoms with van der Waals surface area (Å²) in [7, 11) is 0. The highest BCUT2D eigenvalue weighted by Gasteiger charge is 2.29. The number of hydrogen-bond acceptors (Lipinski definition) is 3. The van der Waals surface area contributed by atoms with E-state index in [1.165, 1.54) is 4.70 Å². The highest BCUT2D eigenvalue weighted by molar-refractivity contribution is 7.18. The predicted molar refractivity (Wildman–Crippen MR) is 103 cm³/mol. The zero-order valence-corrected chi connectivity index (χ0v) is 14.8. The van der Waals surface area contributed by atoms with Crippen LogP contribution in [0.5, 0.6) is 0 Å². The van der Waals surface area contributed by atoms with Gasteiger partial charge in [-0.3, -0.25) is 4.79 Å². The van der Waals surface area contributed by atoms with Gasteiger partial charge in [0.1, 0.15) is 5.01 Å². The van der Waals surface area contributed by atoms with Gasteiger partial charge in [0, 0.05) is 12.6 Å². The van der Waals surface area contributed by atoms with Crippen LogP contribution < -0.4 is 0 Å². The van der Waals surface area contributed by atoms with Crippen molar-refractivity contribution in [2.45, 2.75) is 25.3 Å². The molecule has 1 aromatic heterocycles. The van der Waals surface area contributed by atoms with Gasteiger partial charge in [-0.05, 0) is 43.0 Å². The molecule has 1 aliphatic rings. The molecular formula is C21H20N2OS. The highest BCUT2D eigenvalue weighted by atomic mass is 32.1. The normalized spacial score (nSPS) is 18.1. The third-order valence-corrected chi connectivity index (χ3v) is 5.74. The SMILES string of the molecule is O=C(/C=C/c1ccccc1)N1CCCCC1c1nc2ccccc2s1. The number of benzene rings is 2. The van der Waals surface area contributed by atoms with E-state index in [9.17, 15) is 4.79 Å². The molecule has 1 amide bonds. The van der Waals surface area contributed by atoms with Gasteiger partial charge in [-0.1, -0.05) is 42.5 Å². The van der Waals surface area contributed by atoms with Crippen LogP contribution >= 0.6 is 11.3 Å². The molecule has 4 rings (SSSR count). The minimum Gasteiger partial charge on any atom is -0.330 e. The first kappa shape index (κ1) is 16.0. The molecule has 1 atom stereocenters. The maximum absolute atomic E-state index is 12.8. The summed E-state index contributed by atoms with van der Waals surface area (Å²) in [5.41, 5.74) is 2.07. The molecule has 1 fully saturated rings. The molecule has 126 valence electrons. The van der Waals surface area contributed by atoms with E-state index in [0.717, 1.165) is 41.9 Å². The zero-order valence-electron chi connectivity index (χ0n) is 14.0. The van der Waals surface area contributed by atoms with Crippen LogP contribution in [0.4, 0.5) is 0 Å². The predicted octanol–water partition coefficient (Wildman–Crippen LogP) is 5.06. The Morgan fingerprint density at radius 2 is 1.88 bits per heavy atom. The van der Waals surface area contributed by atoms with Crippen molar-refractivity contribution in [3.63, 3.8) is 0 Å². The molecule has 3 nitrogen and oxygen atoms in total. The Morgan fingerprint density at radius 3 is 2.72 bits per heavy atom. The molecule has 25 heavy (non-hydrogen) atoms. The molecule has 2 heterocycles. The van der Waals surface area contributed by atoms with Crippen LogP contribution in [-0.2, 0) is 4.79 Å². The van der Waals surface area contributed by atoms with Gasteiger partial charge >= 0.3 is 0 Å². The first-order valence-electron chi connectivity index (χ1n) is 8.70. The monoisotopic (exact) mass is 348 g/mol. The van der Waals surface area contributed by atoms with Crippen molar-refractivity contribution < 1.29 is 4.79 Å². The number of hydrogen-bond donors (Lipinski definition) is 0. The van der Waals surface area contributed by atoms with Crippen molar-refractivity contribution in [2.24, 2.45) is 0 Å². The Morgan fingerprint density at radius 1 is 1.08 bits per heavy atom. The van der Waals surface area contributed by atoms with Gasteiger partial charge in [-0.2, -0.15) is 0 Å². The van der Waals surface area contributed by atoms with Crippen LogP contribution in [0.1, 0.15) is 35.9 Å². The molecule has 1 aliphatic heterocycles. The second kappa shape index (κ2) is 7.19. The third-order valence-electron chi connectivity index (χ3n) is 4.60. The van der Waals surface area contributed by atoms with Crippen molar-refractivity contribution in [3.05, 3.63) is 71.2 Å². The van der Waals surface area contributed by atoms with Crippen LogP contribution in [0.3, 0.4) is 0 Å². The molecule has 0 aliphatic carbocycles. The van der Waals surface area contributed by atoms with Gasteiger partial charge in [-0.15, -0.1) is 11.3 Å². The number of nitrogens with zero attached hydrogens (tertiary/aromatic N) is 2. The van der Waals surface area contributed by atoms with Crippen LogP contribution in [0.25, 0.3) is 16.3 Å². The van der Waals surface area contributed by atoms with Gasteiger partial charge in [0.15, 0.2) is 0 Å². The van der Waals surface area contributed by atoms with Crippen LogP contribution in [-0.4, -0.2) is 22.3 Å². The van der Waals surface area contributed by atoms with Crippen LogP contribution in [0.2, 0.25) is 0 Å². The number of rotatable bonds is 3. The molecule has 0 spiro atoms. The second-order valence-corrected chi connectivity index (χ2v) is 7.37. The Kier molecular flexibility index (Phi) is 4.61. The Hall–Kier alpha value is -2.46. The summed E-state index contributed by atoms with van der Waals surface area (Å²) < 4.78 is 1.19.